The van der Waals surface area contributed by atoms with Gasteiger partial charge < -0.3 is 15.2 Å². The fourth-order valence-corrected chi connectivity index (χ4v) is 3.00. The zero-order chi connectivity index (χ0) is 15.1. The molecule has 0 heterocycles. The molecule has 118 valence electrons. The first-order valence-electron chi connectivity index (χ1n) is 8.02. The van der Waals surface area contributed by atoms with Crippen LogP contribution < -0.4 is 15.2 Å². The maximum absolute atomic E-state index is 6.22. The molecule has 0 aliphatic heterocycles. The lowest BCUT2D eigenvalue weighted by Crippen LogP contribution is -2.48. The van der Waals surface area contributed by atoms with E-state index < -0.39 is 0 Å². The fraction of sp³-hybridized carbons (Fsp3) is 0.647. The highest BCUT2D eigenvalue weighted by atomic mass is 16.5. The molecule has 0 saturated heterocycles. The molecule has 1 aliphatic carbocycles. The second-order valence-electron chi connectivity index (χ2n) is 5.72. The largest absolute Gasteiger partial charge is 0.490 e. The first-order chi connectivity index (χ1) is 10.2. The van der Waals surface area contributed by atoms with Gasteiger partial charge in [0.2, 0.25) is 0 Å². The van der Waals surface area contributed by atoms with Gasteiger partial charge in [-0.1, -0.05) is 25.0 Å². The van der Waals surface area contributed by atoms with Crippen LogP contribution in [0.25, 0.3) is 0 Å². The number of rotatable bonds is 7. The molecule has 0 spiro atoms. The molecule has 1 fully saturated rings. The van der Waals surface area contributed by atoms with E-state index in [1.165, 1.54) is 19.3 Å². The Kier molecular flexibility index (Phi) is 6.33. The molecule has 1 aliphatic rings. The molecule has 0 radical (unpaired) electrons. The molecule has 0 bridgehead atoms. The number of likely N-dealkylation sites (N-methyl/N-ethyl adjacent to an activating group) is 1. The van der Waals surface area contributed by atoms with Gasteiger partial charge in [0.05, 0.1) is 6.61 Å². The van der Waals surface area contributed by atoms with E-state index in [0.717, 1.165) is 24.5 Å². The summed E-state index contributed by atoms with van der Waals surface area (Å²) >= 11 is 0. The van der Waals surface area contributed by atoms with Crippen LogP contribution in [0.15, 0.2) is 24.3 Å². The second kappa shape index (κ2) is 8.25. The summed E-state index contributed by atoms with van der Waals surface area (Å²) in [5.74, 6) is 1.64. The Bertz CT molecular complexity index is 425. The van der Waals surface area contributed by atoms with Crippen LogP contribution in [0.5, 0.6) is 11.5 Å². The van der Waals surface area contributed by atoms with Gasteiger partial charge in [-0.15, -0.1) is 0 Å². The van der Waals surface area contributed by atoms with Gasteiger partial charge in [0, 0.05) is 18.6 Å². The molecule has 1 aromatic carbocycles. The molecule has 4 heteroatoms. The normalized spacial score (nSPS) is 22.3. The predicted molar refractivity (Wildman–Crippen MR) is 86.0 cm³/mol. The molecule has 0 aromatic heterocycles. The predicted octanol–water partition coefficient (Wildman–Crippen LogP) is 2.67. The van der Waals surface area contributed by atoms with Crippen molar-refractivity contribution in [3.8, 4) is 11.5 Å². The lowest BCUT2D eigenvalue weighted by Gasteiger charge is -2.35. The lowest BCUT2D eigenvalue weighted by atomic mass is 9.90. The summed E-state index contributed by atoms with van der Waals surface area (Å²) < 4.78 is 11.4. The third kappa shape index (κ3) is 4.61. The van der Waals surface area contributed by atoms with Crippen LogP contribution >= 0.6 is 0 Å². The highest BCUT2D eigenvalue weighted by molar-refractivity contribution is 5.39. The van der Waals surface area contributed by atoms with Crippen molar-refractivity contribution in [3.05, 3.63) is 24.3 Å². The summed E-state index contributed by atoms with van der Waals surface area (Å²) in [4.78, 5) is 2.34. The Morgan fingerprint density at radius 3 is 2.48 bits per heavy atom. The highest BCUT2D eigenvalue weighted by Gasteiger charge is 2.25. The smallest absolute Gasteiger partial charge is 0.161 e. The maximum atomic E-state index is 6.22. The summed E-state index contributed by atoms with van der Waals surface area (Å²) in [7, 11) is 2.15. The third-order valence-corrected chi connectivity index (χ3v) is 4.20. The Labute approximate surface area is 128 Å². The van der Waals surface area contributed by atoms with Crippen LogP contribution in [-0.2, 0) is 0 Å². The number of nitrogens with two attached hydrogens (primary N) is 1. The van der Waals surface area contributed by atoms with Crippen molar-refractivity contribution in [3.63, 3.8) is 0 Å². The van der Waals surface area contributed by atoms with Gasteiger partial charge in [0.15, 0.2) is 11.5 Å². The number of para-hydroxylation sites is 2. The van der Waals surface area contributed by atoms with Crippen LogP contribution in [0.2, 0.25) is 0 Å². The van der Waals surface area contributed by atoms with Crippen LogP contribution in [-0.4, -0.2) is 43.8 Å². The van der Waals surface area contributed by atoms with E-state index >= 15 is 0 Å². The summed E-state index contributed by atoms with van der Waals surface area (Å²) in [5.41, 5.74) is 6.22. The summed E-state index contributed by atoms with van der Waals surface area (Å²) in [6.07, 6.45) is 4.90. The van der Waals surface area contributed by atoms with Gasteiger partial charge in [-0.25, -0.2) is 0 Å². The number of benzene rings is 1. The van der Waals surface area contributed by atoms with E-state index in [4.69, 9.17) is 15.2 Å². The van der Waals surface area contributed by atoms with Gasteiger partial charge >= 0.3 is 0 Å². The van der Waals surface area contributed by atoms with Crippen LogP contribution in [0, 0.1) is 0 Å². The maximum Gasteiger partial charge on any atom is 0.161 e. The van der Waals surface area contributed by atoms with Crippen molar-refractivity contribution in [1.82, 2.24) is 4.90 Å². The minimum absolute atomic E-state index is 0.305. The summed E-state index contributed by atoms with van der Waals surface area (Å²) in [6, 6.07) is 8.63. The van der Waals surface area contributed by atoms with Crippen molar-refractivity contribution >= 4 is 0 Å². The van der Waals surface area contributed by atoms with Crippen molar-refractivity contribution < 1.29 is 9.47 Å². The van der Waals surface area contributed by atoms with Crippen molar-refractivity contribution in [2.24, 2.45) is 5.73 Å². The molecule has 21 heavy (non-hydrogen) atoms. The van der Waals surface area contributed by atoms with Crippen LogP contribution in [0.3, 0.4) is 0 Å². The monoisotopic (exact) mass is 292 g/mol. The minimum Gasteiger partial charge on any atom is -0.490 e. The van der Waals surface area contributed by atoms with E-state index in [-0.39, 0.29) is 0 Å². The number of nitrogens with zero attached hydrogens (tertiary/aromatic N) is 1. The average molecular weight is 292 g/mol. The molecular formula is C17H28N2O2. The topological polar surface area (TPSA) is 47.7 Å². The van der Waals surface area contributed by atoms with E-state index in [1.807, 2.05) is 31.2 Å². The zero-order valence-corrected chi connectivity index (χ0v) is 13.3. The standard InChI is InChI=1S/C17H28N2O2/c1-3-20-16-10-6-7-11-17(16)21-13-12-19(2)15-9-5-4-8-14(15)18/h6-7,10-11,14-15H,3-5,8-9,12-13,18H2,1-2H3. The summed E-state index contributed by atoms with van der Waals surface area (Å²) in [6.45, 7) is 4.18. The van der Waals surface area contributed by atoms with Crippen LogP contribution in [0.4, 0.5) is 0 Å². The number of hydrogen-bond donors (Lipinski definition) is 1. The molecule has 1 saturated carbocycles. The van der Waals surface area contributed by atoms with Gasteiger partial charge in [-0.2, -0.15) is 0 Å². The SMILES string of the molecule is CCOc1ccccc1OCCN(C)C1CCCCC1N. The quantitative estimate of drug-likeness (QED) is 0.839. The molecule has 1 aromatic rings. The molecule has 2 unspecified atom stereocenters. The molecule has 2 atom stereocenters. The van der Waals surface area contributed by atoms with Crippen molar-refractivity contribution in [2.75, 3.05) is 26.8 Å². The zero-order valence-electron chi connectivity index (χ0n) is 13.3. The van der Waals surface area contributed by atoms with E-state index in [2.05, 4.69) is 11.9 Å². The minimum atomic E-state index is 0.305. The van der Waals surface area contributed by atoms with Gasteiger partial charge in [0.1, 0.15) is 6.61 Å². The van der Waals surface area contributed by atoms with Crippen LogP contribution in [0.1, 0.15) is 32.6 Å². The third-order valence-electron chi connectivity index (χ3n) is 4.20. The first-order valence-corrected chi connectivity index (χ1v) is 8.02. The lowest BCUT2D eigenvalue weighted by molar-refractivity contribution is 0.142. The Hall–Kier alpha value is -1.26. The number of ether oxygens (including phenoxy) is 2. The second-order valence-corrected chi connectivity index (χ2v) is 5.72. The van der Waals surface area contributed by atoms with Gasteiger partial charge in [-0.05, 0) is 38.9 Å². The fourth-order valence-electron chi connectivity index (χ4n) is 3.00. The van der Waals surface area contributed by atoms with Gasteiger partial charge in [0.25, 0.3) is 0 Å². The van der Waals surface area contributed by atoms with Crippen molar-refractivity contribution in [1.29, 1.82) is 0 Å². The molecule has 2 rings (SSSR count). The van der Waals surface area contributed by atoms with E-state index in [9.17, 15) is 0 Å². The van der Waals surface area contributed by atoms with Crippen molar-refractivity contribution in [2.45, 2.75) is 44.7 Å². The van der Waals surface area contributed by atoms with E-state index in [0.29, 0.717) is 25.3 Å². The molecule has 0 amide bonds. The molecule has 4 nitrogen and oxygen atoms in total. The Balaban J connectivity index is 1.81. The molecule has 2 N–H and O–H groups in total. The summed E-state index contributed by atoms with van der Waals surface area (Å²) in [5, 5.41) is 0. The first kappa shape index (κ1) is 16.1. The Morgan fingerprint density at radius 2 is 1.81 bits per heavy atom. The van der Waals surface area contributed by atoms with E-state index in [1.54, 1.807) is 0 Å². The highest BCUT2D eigenvalue weighted by Crippen LogP contribution is 2.26. The number of hydrogen-bond acceptors (Lipinski definition) is 4. The average Bonchev–Trinajstić information content (AvgIpc) is 2.49. The molecular weight excluding hydrogens is 264 g/mol. The Morgan fingerprint density at radius 1 is 1.14 bits per heavy atom. The van der Waals surface area contributed by atoms with Gasteiger partial charge in [-0.3, -0.25) is 4.90 Å².